The van der Waals surface area contributed by atoms with Gasteiger partial charge in [-0.15, -0.1) is 0 Å². The van der Waals surface area contributed by atoms with Gasteiger partial charge in [-0.1, -0.05) is 31.1 Å². The lowest BCUT2D eigenvalue weighted by molar-refractivity contribution is -0.136. The van der Waals surface area contributed by atoms with E-state index in [0.717, 1.165) is 18.4 Å². The van der Waals surface area contributed by atoms with Crippen LogP contribution in [0.2, 0.25) is 0 Å². The van der Waals surface area contributed by atoms with Crippen LogP contribution in [-0.4, -0.2) is 40.8 Å². The molecule has 158 valence electrons. The molecule has 9 heteroatoms. The summed E-state index contributed by atoms with van der Waals surface area (Å²) in [6, 6.07) is 6.27. The summed E-state index contributed by atoms with van der Waals surface area (Å²) in [5.41, 5.74) is 1.72. The first-order valence-corrected chi connectivity index (χ1v) is 10.00. The molecule has 4 rings (SSSR count). The Labute approximate surface area is 174 Å². The van der Waals surface area contributed by atoms with Gasteiger partial charge in [-0.3, -0.25) is 4.90 Å². The van der Waals surface area contributed by atoms with Crippen molar-refractivity contribution in [2.75, 3.05) is 13.7 Å². The number of rotatable bonds is 7. The second-order valence-electron chi connectivity index (χ2n) is 7.24. The lowest BCUT2D eigenvalue weighted by atomic mass is 9.95. The zero-order valence-electron chi connectivity index (χ0n) is 17.2. The number of methoxy groups -OCH3 is 1. The van der Waals surface area contributed by atoms with E-state index in [9.17, 15) is 9.59 Å². The van der Waals surface area contributed by atoms with E-state index in [1.54, 1.807) is 19.2 Å². The van der Waals surface area contributed by atoms with Crippen LogP contribution in [-0.2, 0) is 16.1 Å². The second kappa shape index (κ2) is 8.17. The van der Waals surface area contributed by atoms with Gasteiger partial charge in [0.15, 0.2) is 5.82 Å². The van der Waals surface area contributed by atoms with E-state index in [1.165, 1.54) is 4.90 Å². The summed E-state index contributed by atoms with van der Waals surface area (Å²) in [6.07, 6.45) is 1.78. The molecule has 0 spiro atoms. The first-order valence-electron chi connectivity index (χ1n) is 10.00. The molecular weight excluding hydrogens is 388 g/mol. The van der Waals surface area contributed by atoms with Crippen molar-refractivity contribution in [2.24, 2.45) is 0 Å². The van der Waals surface area contributed by atoms with Gasteiger partial charge in [-0.2, -0.15) is 4.98 Å². The summed E-state index contributed by atoms with van der Waals surface area (Å²) >= 11 is 0. The molecule has 1 N–H and O–H groups in total. The number of amides is 2. The molecule has 2 aliphatic rings. The molecule has 0 radical (unpaired) electrons. The third-order valence-corrected chi connectivity index (χ3v) is 5.57. The summed E-state index contributed by atoms with van der Waals surface area (Å²) in [5.74, 6) is 1.39. The second-order valence-corrected chi connectivity index (χ2v) is 7.24. The number of hydrogen-bond acceptors (Lipinski definition) is 7. The molecule has 2 aliphatic heterocycles. The van der Waals surface area contributed by atoms with Crippen LogP contribution in [0.5, 0.6) is 5.75 Å². The Hall–Kier alpha value is -3.36. The molecular formula is C21H24N4O5. The SMILES string of the molecule is CCC(CC)c1nc(CN2C(=O)N[C@@H](c3ccc(OC)cc3)C3=C2COC3=O)no1. The molecule has 0 bridgehead atoms. The van der Waals surface area contributed by atoms with Crippen LogP contribution in [0.25, 0.3) is 0 Å². The first-order chi connectivity index (χ1) is 14.5. The van der Waals surface area contributed by atoms with Crippen molar-refractivity contribution >= 4 is 12.0 Å². The summed E-state index contributed by atoms with van der Waals surface area (Å²) in [7, 11) is 1.58. The molecule has 0 saturated heterocycles. The van der Waals surface area contributed by atoms with Crippen LogP contribution < -0.4 is 10.1 Å². The molecule has 2 amide bonds. The highest BCUT2D eigenvalue weighted by Gasteiger charge is 2.42. The highest BCUT2D eigenvalue weighted by molar-refractivity contribution is 5.97. The van der Waals surface area contributed by atoms with Gasteiger partial charge in [0.25, 0.3) is 0 Å². The maximum absolute atomic E-state index is 12.9. The van der Waals surface area contributed by atoms with Gasteiger partial charge < -0.3 is 19.3 Å². The Bertz CT molecular complexity index is 978. The van der Waals surface area contributed by atoms with Gasteiger partial charge in [0.2, 0.25) is 5.89 Å². The Morgan fingerprint density at radius 1 is 1.23 bits per heavy atom. The van der Waals surface area contributed by atoms with E-state index in [2.05, 4.69) is 29.3 Å². The number of cyclic esters (lactones) is 1. The summed E-state index contributed by atoms with van der Waals surface area (Å²) in [4.78, 5) is 31.3. The van der Waals surface area contributed by atoms with Crippen LogP contribution >= 0.6 is 0 Å². The number of urea groups is 1. The summed E-state index contributed by atoms with van der Waals surface area (Å²) < 4.78 is 15.8. The topological polar surface area (TPSA) is 107 Å². The average molecular weight is 412 g/mol. The van der Waals surface area contributed by atoms with Crippen molar-refractivity contribution in [1.29, 1.82) is 0 Å². The van der Waals surface area contributed by atoms with E-state index in [4.69, 9.17) is 14.0 Å². The van der Waals surface area contributed by atoms with Crippen LogP contribution in [0.4, 0.5) is 4.79 Å². The van der Waals surface area contributed by atoms with E-state index in [1.807, 2.05) is 12.1 Å². The average Bonchev–Trinajstić information content (AvgIpc) is 3.38. The van der Waals surface area contributed by atoms with Gasteiger partial charge in [-0.05, 0) is 30.5 Å². The van der Waals surface area contributed by atoms with Crippen LogP contribution in [0.3, 0.4) is 0 Å². The fraction of sp³-hybridized carbons (Fsp3) is 0.429. The number of nitrogens with zero attached hydrogens (tertiary/aromatic N) is 3. The Balaban J connectivity index is 1.62. The third kappa shape index (κ3) is 3.51. The van der Waals surface area contributed by atoms with Crippen LogP contribution in [0.1, 0.15) is 55.9 Å². The quantitative estimate of drug-likeness (QED) is 0.697. The van der Waals surface area contributed by atoms with E-state index in [-0.39, 0.29) is 25.1 Å². The molecule has 30 heavy (non-hydrogen) atoms. The van der Waals surface area contributed by atoms with Gasteiger partial charge in [-0.25, -0.2) is 9.59 Å². The number of carbonyl (C=O) groups excluding carboxylic acids is 2. The van der Waals surface area contributed by atoms with Crippen molar-refractivity contribution in [2.45, 2.75) is 45.2 Å². The maximum Gasteiger partial charge on any atom is 0.338 e. The molecule has 0 unspecified atom stereocenters. The van der Waals surface area contributed by atoms with Gasteiger partial charge in [0, 0.05) is 5.92 Å². The van der Waals surface area contributed by atoms with Gasteiger partial charge >= 0.3 is 12.0 Å². The number of esters is 1. The summed E-state index contributed by atoms with van der Waals surface area (Å²) in [6.45, 7) is 4.26. The predicted molar refractivity (Wildman–Crippen MR) is 105 cm³/mol. The molecule has 2 aromatic rings. The van der Waals surface area contributed by atoms with E-state index < -0.39 is 12.0 Å². The number of hydrogen-bond donors (Lipinski definition) is 1. The Morgan fingerprint density at radius 2 is 1.97 bits per heavy atom. The highest BCUT2D eigenvalue weighted by atomic mass is 16.5. The number of ether oxygens (including phenoxy) is 2. The lowest BCUT2D eigenvalue weighted by Crippen LogP contribution is -2.47. The largest absolute Gasteiger partial charge is 0.497 e. The highest BCUT2D eigenvalue weighted by Crippen LogP contribution is 2.36. The number of benzene rings is 1. The fourth-order valence-electron chi connectivity index (χ4n) is 3.80. The number of aromatic nitrogens is 2. The zero-order valence-corrected chi connectivity index (χ0v) is 17.2. The molecule has 3 heterocycles. The summed E-state index contributed by atoms with van der Waals surface area (Å²) in [5, 5.41) is 6.92. The molecule has 1 aromatic carbocycles. The molecule has 1 aromatic heterocycles. The molecule has 9 nitrogen and oxygen atoms in total. The zero-order chi connectivity index (χ0) is 21.3. The van der Waals surface area contributed by atoms with E-state index in [0.29, 0.717) is 28.7 Å². The van der Waals surface area contributed by atoms with Gasteiger partial charge in [0.1, 0.15) is 12.4 Å². The lowest BCUT2D eigenvalue weighted by Gasteiger charge is -2.32. The van der Waals surface area contributed by atoms with Crippen molar-refractivity contribution in [1.82, 2.24) is 20.4 Å². The van der Waals surface area contributed by atoms with Crippen molar-refractivity contribution < 1.29 is 23.6 Å². The molecule has 1 atom stereocenters. The minimum Gasteiger partial charge on any atom is -0.497 e. The van der Waals surface area contributed by atoms with E-state index >= 15 is 0 Å². The Kier molecular flexibility index (Phi) is 5.43. The van der Waals surface area contributed by atoms with Crippen molar-refractivity contribution in [3.8, 4) is 5.75 Å². The number of carbonyl (C=O) groups is 2. The Morgan fingerprint density at radius 3 is 2.63 bits per heavy atom. The minimum absolute atomic E-state index is 0.0332. The molecule has 0 saturated carbocycles. The van der Waals surface area contributed by atoms with Gasteiger partial charge in [0.05, 0.1) is 31.0 Å². The maximum atomic E-state index is 12.9. The monoisotopic (exact) mass is 412 g/mol. The van der Waals surface area contributed by atoms with Crippen molar-refractivity contribution in [3.05, 3.63) is 52.8 Å². The minimum atomic E-state index is -0.588. The van der Waals surface area contributed by atoms with Crippen molar-refractivity contribution in [3.63, 3.8) is 0 Å². The number of nitrogens with one attached hydrogen (secondary N) is 1. The molecule has 0 aliphatic carbocycles. The predicted octanol–water partition coefficient (Wildman–Crippen LogP) is 3.06. The fourth-order valence-corrected chi connectivity index (χ4v) is 3.80. The standard InChI is InChI=1S/C21H24N4O5/c1-4-12(5-2)19-22-16(24-30-19)10-25-15-11-29-20(26)17(15)18(23-21(25)27)13-6-8-14(28-3)9-7-13/h6-9,12,18H,4-5,10-11H2,1-3H3,(H,23,27)/t18-/m0/s1. The van der Waals surface area contributed by atoms with Crippen LogP contribution in [0.15, 0.2) is 40.1 Å². The smallest absolute Gasteiger partial charge is 0.338 e. The van der Waals surface area contributed by atoms with Crippen LogP contribution in [0, 0.1) is 0 Å². The normalized spacial score (nSPS) is 18.5. The third-order valence-electron chi connectivity index (χ3n) is 5.57. The first kappa shape index (κ1) is 19.9. The molecule has 0 fully saturated rings.